The third kappa shape index (κ3) is 2.34. The first-order valence-electron chi connectivity index (χ1n) is 3.23. The molecule has 0 spiro atoms. The first kappa shape index (κ1) is 10.3. The summed E-state index contributed by atoms with van der Waals surface area (Å²) in [6.45, 7) is 0. The highest BCUT2D eigenvalue weighted by atomic mass is 79.9. The van der Waals surface area contributed by atoms with Crippen molar-refractivity contribution in [3.8, 4) is 0 Å². The van der Waals surface area contributed by atoms with Crippen LogP contribution in [0.25, 0.3) is 0 Å². The number of benzene rings is 1. The number of rotatable bonds is 1. The number of aliphatic imine (C=N–C) groups is 1. The number of nitrogens with zero attached hydrogens (tertiary/aromatic N) is 1. The van der Waals surface area contributed by atoms with E-state index in [1.165, 1.54) is 6.08 Å². The van der Waals surface area contributed by atoms with E-state index in [0.29, 0.717) is 14.5 Å². The first-order valence-corrected chi connectivity index (χ1v) is 4.81. The normalized spacial score (nSPS) is 9.08. The molecule has 1 aromatic carbocycles. The van der Waals surface area contributed by atoms with E-state index in [2.05, 4.69) is 36.9 Å². The fourth-order valence-electron chi connectivity index (χ4n) is 0.799. The van der Waals surface area contributed by atoms with Crippen molar-refractivity contribution in [1.29, 1.82) is 0 Å². The summed E-state index contributed by atoms with van der Waals surface area (Å²) < 4.78 is 1.18. The number of hydrogen-bond acceptors (Lipinski definition) is 2. The predicted molar refractivity (Wildman–Crippen MR) is 54.3 cm³/mol. The van der Waals surface area contributed by atoms with E-state index in [1.54, 1.807) is 18.2 Å². The first-order chi connectivity index (χ1) is 6.16. The molecule has 0 radical (unpaired) electrons. The summed E-state index contributed by atoms with van der Waals surface area (Å²) in [5, 5.41) is 0. The molecular weight excluding hydrogens is 302 g/mol. The van der Waals surface area contributed by atoms with Crippen LogP contribution in [0.2, 0.25) is 0 Å². The zero-order valence-corrected chi connectivity index (χ0v) is 9.42. The lowest BCUT2D eigenvalue weighted by atomic mass is 10.2. The highest BCUT2D eigenvalue weighted by Crippen LogP contribution is 2.25. The number of hydrogen-bond donors (Lipinski definition) is 0. The van der Waals surface area contributed by atoms with E-state index in [-0.39, 0.29) is 0 Å². The number of carbonyl (C=O) groups is 1. The Kier molecular flexibility index (Phi) is 3.54. The van der Waals surface area contributed by atoms with Gasteiger partial charge in [-0.25, -0.2) is 4.79 Å². The van der Waals surface area contributed by atoms with Crippen molar-refractivity contribution in [2.45, 2.75) is 0 Å². The van der Waals surface area contributed by atoms with Gasteiger partial charge in [0.15, 0.2) is 0 Å². The molecule has 0 saturated heterocycles. The van der Waals surface area contributed by atoms with Gasteiger partial charge in [-0.2, -0.15) is 0 Å². The Balaban J connectivity index is 3.27. The number of isocyanates is 1. The molecule has 3 nitrogen and oxygen atoms in total. The molecule has 66 valence electrons. The third-order valence-corrected chi connectivity index (χ3v) is 2.65. The molecule has 1 rings (SSSR count). The topological polar surface area (TPSA) is 46.5 Å². The Morgan fingerprint density at radius 1 is 1.31 bits per heavy atom. The molecular formula is C8H3Br2NO2. The Morgan fingerprint density at radius 2 is 1.85 bits per heavy atom. The van der Waals surface area contributed by atoms with Gasteiger partial charge in [-0.05, 0) is 44.0 Å². The van der Waals surface area contributed by atoms with Gasteiger partial charge in [-0.3, -0.25) is 4.79 Å². The highest BCUT2D eigenvalue weighted by molar-refractivity contribution is 9.11. The minimum absolute atomic E-state index is 0.325. The Labute approximate surface area is 91.1 Å². The quantitative estimate of drug-likeness (QED) is 0.591. The number of carbonyl (C=O) groups excluding carboxylic acids is 2. The summed E-state index contributed by atoms with van der Waals surface area (Å²) in [5.74, 6) is -0.616. The zero-order chi connectivity index (χ0) is 9.84. The smallest absolute Gasteiger partial charge is 0.266 e. The van der Waals surface area contributed by atoms with E-state index in [1.807, 2.05) is 0 Å². The fourth-order valence-corrected chi connectivity index (χ4v) is 2.14. The van der Waals surface area contributed by atoms with Crippen LogP contribution in [0.3, 0.4) is 0 Å². The van der Waals surface area contributed by atoms with Crippen molar-refractivity contribution in [3.63, 3.8) is 0 Å². The molecule has 0 aliphatic rings. The lowest BCUT2D eigenvalue weighted by Gasteiger charge is -2.00. The van der Waals surface area contributed by atoms with Crippen LogP contribution in [-0.2, 0) is 4.79 Å². The molecule has 0 bridgehead atoms. The number of amides is 1. The molecule has 13 heavy (non-hydrogen) atoms. The Bertz CT molecular complexity index is 377. The molecule has 1 aromatic rings. The molecule has 0 aliphatic heterocycles. The largest absolute Gasteiger partial charge is 0.290 e. The van der Waals surface area contributed by atoms with E-state index in [9.17, 15) is 9.59 Å². The van der Waals surface area contributed by atoms with Crippen LogP contribution >= 0.6 is 31.9 Å². The molecule has 0 aliphatic carbocycles. The second-order valence-electron chi connectivity index (χ2n) is 2.10. The maximum atomic E-state index is 11.2. The summed E-state index contributed by atoms with van der Waals surface area (Å²) in [4.78, 5) is 24.1. The summed E-state index contributed by atoms with van der Waals surface area (Å²) in [5.41, 5.74) is 0.325. The highest BCUT2D eigenvalue weighted by Gasteiger charge is 2.12. The average molecular weight is 305 g/mol. The Morgan fingerprint density at radius 3 is 2.31 bits per heavy atom. The van der Waals surface area contributed by atoms with Gasteiger partial charge in [0.2, 0.25) is 6.08 Å². The third-order valence-electron chi connectivity index (χ3n) is 1.32. The SMILES string of the molecule is O=C=NC(=O)c1c(Br)cccc1Br. The summed E-state index contributed by atoms with van der Waals surface area (Å²) in [6.07, 6.45) is 1.20. The molecule has 0 unspecified atom stereocenters. The Hall–Kier alpha value is -0.770. The van der Waals surface area contributed by atoms with E-state index < -0.39 is 5.91 Å². The summed E-state index contributed by atoms with van der Waals surface area (Å²) in [7, 11) is 0. The van der Waals surface area contributed by atoms with Gasteiger partial charge in [0, 0.05) is 8.95 Å². The monoisotopic (exact) mass is 303 g/mol. The van der Waals surface area contributed by atoms with Crippen molar-refractivity contribution < 1.29 is 9.59 Å². The van der Waals surface area contributed by atoms with Crippen LogP contribution in [0.4, 0.5) is 0 Å². The van der Waals surface area contributed by atoms with Gasteiger partial charge in [0.05, 0.1) is 5.56 Å². The van der Waals surface area contributed by atoms with Gasteiger partial charge < -0.3 is 0 Å². The van der Waals surface area contributed by atoms with E-state index in [4.69, 9.17) is 0 Å². The number of halogens is 2. The maximum absolute atomic E-state index is 11.2. The van der Waals surface area contributed by atoms with Gasteiger partial charge in [-0.1, -0.05) is 6.07 Å². The zero-order valence-electron chi connectivity index (χ0n) is 6.25. The van der Waals surface area contributed by atoms with Crippen LogP contribution in [0.5, 0.6) is 0 Å². The molecule has 0 atom stereocenters. The van der Waals surface area contributed by atoms with Gasteiger partial charge in [0.1, 0.15) is 0 Å². The lowest BCUT2D eigenvalue weighted by Crippen LogP contribution is -1.96. The van der Waals surface area contributed by atoms with Crippen molar-refractivity contribution >= 4 is 43.8 Å². The standard InChI is InChI=1S/C8H3Br2NO2/c9-5-2-1-3-6(10)7(5)8(13)11-4-12/h1-3H. The average Bonchev–Trinajstić information content (AvgIpc) is 2.04. The predicted octanol–water partition coefficient (Wildman–Crippen LogP) is 2.69. The molecule has 0 saturated carbocycles. The minimum Gasteiger partial charge on any atom is -0.266 e. The minimum atomic E-state index is -0.616. The molecule has 5 heteroatoms. The molecule has 0 N–H and O–H groups in total. The molecule has 0 aromatic heterocycles. The summed E-state index contributed by atoms with van der Waals surface area (Å²) in [6, 6.07) is 5.15. The second-order valence-corrected chi connectivity index (χ2v) is 3.81. The van der Waals surface area contributed by atoms with Crippen molar-refractivity contribution in [1.82, 2.24) is 0 Å². The summed E-state index contributed by atoms with van der Waals surface area (Å²) >= 11 is 6.35. The molecule has 0 fully saturated rings. The van der Waals surface area contributed by atoms with Gasteiger partial charge in [-0.15, -0.1) is 4.99 Å². The van der Waals surface area contributed by atoms with Crippen LogP contribution in [0.15, 0.2) is 32.1 Å². The maximum Gasteiger partial charge on any atom is 0.290 e. The molecule has 0 heterocycles. The van der Waals surface area contributed by atoms with E-state index >= 15 is 0 Å². The fraction of sp³-hybridized carbons (Fsp3) is 0. The van der Waals surface area contributed by atoms with Crippen molar-refractivity contribution in [2.24, 2.45) is 4.99 Å². The van der Waals surface area contributed by atoms with Crippen LogP contribution in [-0.4, -0.2) is 12.0 Å². The second kappa shape index (κ2) is 4.46. The van der Waals surface area contributed by atoms with Gasteiger partial charge in [0.25, 0.3) is 5.91 Å². The lowest BCUT2D eigenvalue weighted by molar-refractivity contribution is 0.100. The van der Waals surface area contributed by atoms with Crippen molar-refractivity contribution in [3.05, 3.63) is 32.7 Å². The van der Waals surface area contributed by atoms with Crippen molar-refractivity contribution in [2.75, 3.05) is 0 Å². The van der Waals surface area contributed by atoms with E-state index in [0.717, 1.165) is 0 Å². The molecule has 1 amide bonds. The van der Waals surface area contributed by atoms with Crippen LogP contribution < -0.4 is 0 Å². The van der Waals surface area contributed by atoms with Crippen LogP contribution in [0.1, 0.15) is 10.4 Å². The van der Waals surface area contributed by atoms with Crippen LogP contribution in [0, 0.1) is 0 Å². The van der Waals surface area contributed by atoms with Gasteiger partial charge >= 0.3 is 0 Å².